The van der Waals surface area contributed by atoms with Crippen molar-refractivity contribution < 1.29 is 5.11 Å². The second-order valence-corrected chi connectivity index (χ2v) is 6.09. The van der Waals surface area contributed by atoms with Crippen molar-refractivity contribution in [3.05, 3.63) is 34.9 Å². The Hall–Kier alpha value is -0.860. The van der Waals surface area contributed by atoms with Gasteiger partial charge in [-0.15, -0.1) is 0 Å². The van der Waals surface area contributed by atoms with Crippen LogP contribution in [0.2, 0.25) is 0 Å². The smallest absolute Gasteiger partial charge is 0.0968 e. The van der Waals surface area contributed by atoms with Gasteiger partial charge in [0.2, 0.25) is 0 Å². The van der Waals surface area contributed by atoms with E-state index in [4.69, 9.17) is 0 Å². The van der Waals surface area contributed by atoms with Crippen molar-refractivity contribution in [2.45, 2.75) is 52.2 Å². The average molecular weight is 247 g/mol. The normalized spacial score (nSPS) is 19.2. The number of aliphatic hydroxyl groups excluding tert-OH is 1. The Morgan fingerprint density at radius 3 is 2.28 bits per heavy atom. The Labute approximate surface area is 111 Å². The van der Waals surface area contributed by atoms with Gasteiger partial charge >= 0.3 is 0 Å². The summed E-state index contributed by atoms with van der Waals surface area (Å²) in [5.74, 6) is 0. The summed E-state index contributed by atoms with van der Waals surface area (Å²) in [7, 11) is 0. The topological polar surface area (TPSA) is 23.5 Å². The van der Waals surface area contributed by atoms with Crippen molar-refractivity contribution in [1.82, 2.24) is 4.90 Å². The quantitative estimate of drug-likeness (QED) is 0.886. The van der Waals surface area contributed by atoms with E-state index in [0.717, 1.165) is 18.7 Å². The maximum atomic E-state index is 10.7. The van der Waals surface area contributed by atoms with Crippen molar-refractivity contribution in [1.29, 1.82) is 0 Å². The lowest BCUT2D eigenvalue weighted by atomic mass is 9.88. The predicted octanol–water partition coefficient (Wildman–Crippen LogP) is 3.21. The van der Waals surface area contributed by atoms with Crippen LogP contribution in [0.3, 0.4) is 0 Å². The monoisotopic (exact) mass is 247 g/mol. The number of aliphatic hydroxyl groups is 1. The van der Waals surface area contributed by atoms with E-state index in [9.17, 15) is 5.11 Å². The summed E-state index contributed by atoms with van der Waals surface area (Å²) in [6, 6.07) is 6.29. The molecule has 1 N–H and O–H groups in total. The minimum absolute atomic E-state index is 0.182. The van der Waals surface area contributed by atoms with E-state index in [1.54, 1.807) is 0 Å². The van der Waals surface area contributed by atoms with Crippen LogP contribution in [0.4, 0.5) is 0 Å². The van der Waals surface area contributed by atoms with Crippen LogP contribution in [0.5, 0.6) is 0 Å². The number of likely N-dealkylation sites (tertiary alicyclic amines) is 1. The number of rotatable bonds is 3. The first-order valence-electron chi connectivity index (χ1n) is 6.93. The highest BCUT2D eigenvalue weighted by Crippen LogP contribution is 2.33. The first-order chi connectivity index (χ1) is 8.43. The molecule has 0 radical (unpaired) electrons. The van der Waals surface area contributed by atoms with Gasteiger partial charge in [-0.1, -0.05) is 18.2 Å². The second kappa shape index (κ2) is 5.02. The van der Waals surface area contributed by atoms with Gasteiger partial charge in [0.25, 0.3) is 0 Å². The number of hydrogen-bond donors (Lipinski definition) is 1. The maximum absolute atomic E-state index is 10.7. The zero-order chi connectivity index (χ0) is 13.3. The van der Waals surface area contributed by atoms with Gasteiger partial charge < -0.3 is 5.11 Å². The van der Waals surface area contributed by atoms with Crippen LogP contribution in [0.25, 0.3) is 0 Å². The first kappa shape index (κ1) is 13.6. The summed E-state index contributed by atoms with van der Waals surface area (Å²) in [5, 5.41) is 10.7. The summed E-state index contributed by atoms with van der Waals surface area (Å²) in [4.78, 5) is 2.41. The molecular weight excluding hydrogens is 222 g/mol. The Morgan fingerprint density at radius 2 is 1.72 bits per heavy atom. The Morgan fingerprint density at radius 1 is 1.11 bits per heavy atom. The molecule has 0 spiro atoms. The van der Waals surface area contributed by atoms with Crippen LogP contribution in [-0.4, -0.2) is 28.6 Å². The number of aryl methyl sites for hydroxylation is 2. The Balaban J connectivity index is 2.23. The molecule has 1 aromatic carbocycles. The molecule has 0 aromatic heterocycles. The largest absolute Gasteiger partial charge is 0.386 e. The standard InChI is InChI=1S/C16H25NO/c1-12-7-8-14(11-13(12)2)15(18)16(3,4)17-9-5-6-10-17/h7-8,11,15,18H,5-6,9-10H2,1-4H3. The van der Waals surface area contributed by atoms with Crippen LogP contribution in [0.15, 0.2) is 18.2 Å². The number of nitrogens with zero attached hydrogens (tertiary/aromatic N) is 1. The molecule has 1 unspecified atom stereocenters. The van der Waals surface area contributed by atoms with E-state index >= 15 is 0 Å². The zero-order valence-electron chi connectivity index (χ0n) is 12.0. The van der Waals surface area contributed by atoms with Crippen molar-refractivity contribution in [2.24, 2.45) is 0 Å². The first-order valence-corrected chi connectivity index (χ1v) is 6.93. The molecule has 0 bridgehead atoms. The lowest BCUT2D eigenvalue weighted by Gasteiger charge is -2.39. The lowest BCUT2D eigenvalue weighted by Crippen LogP contribution is -2.46. The molecule has 1 atom stereocenters. The van der Waals surface area contributed by atoms with Gasteiger partial charge in [-0.05, 0) is 70.3 Å². The third-order valence-corrected chi connectivity index (χ3v) is 4.44. The van der Waals surface area contributed by atoms with Crippen LogP contribution in [0, 0.1) is 13.8 Å². The van der Waals surface area contributed by atoms with Crippen molar-refractivity contribution in [2.75, 3.05) is 13.1 Å². The molecule has 0 amide bonds. The summed E-state index contributed by atoms with van der Waals surface area (Å²) in [5.41, 5.74) is 3.39. The molecule has 18 heavy (non-hydrogen) atoms. The minimum Gasteiger partial charge on any atom is -0.386 e. The lowest BCUT2D eigenvalue weighted by molar-refractivity contribution is 0.00129. The molecule has 2 rings (SSSR count). The molecule has 0 aliphatic carbocycles. The van der Waals surface area contributed by atoms with Gasteiger partial charge in [0.15, 0.2) is 0 Å². The highest BCUT2D eigenvalue weighted by Gasteiger charge is 2.36. The molecule has 2 heteroatoms. The predicted molar refractivity (Wildman–Crippen MR) is 75.8 cm³/mol. The van der Waals surface area contributed by atoms with E-state index < -0.39 is 6.10 Å². The maximum Gasteiger partial charge on any atom is 0.0968 e. The van der Waals surface area contributed by atoms with Crippen molar-refractivity contribution >= 4 is 0 Å². The average Bonchev–Trinajstić information content (AvgIpc) is 2.86. The van der Waals surface area contributed by atoms with Crippen molar-refractivity contribution in [3.63, 3.8) is 0 Å². The van der Waals surface area contributed by atoms with Gasteiger partial charge in [0.1, 0.15) is 0 Å². The van der Waals surface area contributed by atoms with Crippen LogP contribution in [0.1, 0.15) is 49.5 Å². The Kier molecular flexibility index (Phi) is 3.79. The third kappa shape index (κ3) is 2.45. The van der Waals surface area contributed by atoms with E-state index in [1.165, 1.54) is 24.0 Å². The molecule has 1 aliphatic rings. The van der Waals surface area contributed by atoms with E-state index in [-0.39, 0.29) is 5.54 Å². The molecule has 2 nitrogen and oxygen atoms in total. The van der Waals surface area contributed by atoms with Gasteiger partial charge in [-0.2, -0.15) is 0 Å². The molecular formula is C16H25NO. The Bertz CT molecular complexity index is 419. The molecule has 1 aliphatic heterocycles. The van der Waals surface area contributed by atoms with Crippen LogP contribution in [-0.2, 0) is 0 Å². The summed E-state index contributed by atoms with van der Waals surface area (Å²) in [6.45, 7) is 10.7. The highest BCUT2D eigenvalue weighted by atomic mass is 16.3. The highest BCUT2D eigenvalue weighted by molar-refractivity contribution is 5.32. The summed E-state index contributed by atoms with van der Waals surface area (Å²) >= 11 is 0. The van der Waals surface area contributed by atoms with E-state index in [2.05, 4.69) is 50.8 Å². The van der Waals surface area contributed by atoms with Gasteiger partial charge in [0.05, 0.1) is 6.10 Å². The number of hydrogen-bond acceptors (Lipinski definition) is 2. The molecule has 1 heterocycles. The van der Waals surface area contributed by atoms with Gasteiger partial charge in [-0.3, -0.25) is 4.90 Å². The fourth-order valence-electron chi connectivity index (χ4n) is 2.81. The number of benzene rings is 1. The van der Waals surface area contributed by atoms with Crippen molar-refractivity contribution in [3.8, 4) is 0 Å². The third-order valence-electron chi connectivity index (χ3n) is 4.44. The fraction of sp³-hybridized carbons (Fsp3) is 0.625. The molecule has 100 valence electrons. The SMILES string of the molecule is Cc1ccc(C(O)C(C)(C)N2CCCC2)cc1C. The molecule has 1 aromatic rings. The minimum atomic E-state index is -0.421. The van der Waals surface area contributed by atoms with E-state index in [0.29, 0.717) is 0 Å². The molecule has 1 fully saturated rings. The second-order valence-electron chi connectivity index (χ2n) is 6.09. The van der Waals surface area contributed by atoms with E-state index in [1.807, 2.05) is 0 Å². The molecule has 0 saturated carbocycles. The zero-order valence-corrected chi connectivity index (χ0v) is 12.0. The summed E-state index contributed by atoms with van der Waals surface area (Å²) in [6.07, 6.45) is 2.08. The van der Waals surface area contributed by atoms with Crippen LogP contribution < -0.4 is 0 Å². The molecule has 1 saturated heterocycles. The van der Waals surface area contributed by atoms with Crippen LogP contribution >= 0.6 is 0 Å². The fourth-order valence-corrected chi connectivity index (χ4v) is 2.81. The summed E-state index contributed by atoms with van der Waals surface area (Å²) < 4.78 is 0. The van der Waals surface area contributed by atoms with Gasteiger partial charge in [-0.25, -0.2) is 0 Å². The van der Waals surface area contributed by atoms with Gasteiger partial charge in [0, 0.05) is 5.54 Å².